The maximum Gasteiger partial charge on any atom is 0.119 e. The summed E-state index contributed by atoms with van der Waals surface area (Å²) >= 11 is 0. The number of β-amino-alcohol motifs (C(OH)–C–C–N with tert-alkyl or cyclic N) is 1. The fourth-order valence-electron chi connectivity index (χ4n) is 3.27. The van der Waals surface area contributed by atoms with Crippen LogP contribution < -0.4 is 4.74 Å². The summed E-state index contributed by atoms with van der Waals surface area (Å²) in [5.41, 5.74) is 1.43. The third-order valence-corrected chi connectivity index (χ3v) is 4.49. The number of aliphatic hydroxyl groups excluding tert-OH is 1. The third-order valence-electron chi connectivity index (χ3n) is 4.49. The Morgan fingerprint density at radius 2 is 1.70 bits per heavy atom. The van der Waals surface area contributed by atoms with Gasteiger partial charge in [0.15, 0.2) is 0 Å². The number of aliphatic hydroxyl groups is 1. The van der Waals surface area contributed by atoms with Crippen LogP contribution in [-0.4, -0.2) is 67.8 Å². The van der Waals surface area contributed by atoms with E-state index < -0.39 is 6.10 Å². The van der Waals surface area contributed by atoms with E-state index in [1.165, 1.54) is 5.56 Å². The Kier molecular flexibility index (Phi) is 10.1. The minimum absolute atomic E-state index is 0. The van der Waals surface area contributed by atoms with E-state index in [0.29, 0.717) is 26.4 Å². The van der Waals surface area contributed by atoms with Crippen LogP contribution in [0.3, 0.4) is 0 Å². The number of hydrogen-bond acceptors (Lipinski definition) is 5. The number of morpholine rings is 1. The molecule has 156 valence electrons. The maximum atomic E-state index is 10.1. The second-order valence-electron chi connectivity index (χ2n) is 8.33. The molecule has 6 heteroatoms. The zero-order valence-corrected chi connectivity index (χ0v) is 18.1. The van der Waals surface area contributed by atoms with Crippen molar-refractivity contribution in [1.82, 2.24) is 4.90 Å². The normalized spacial score (nSPS) is 22.1. The molecule has 1 aliphatic rings. The van der Waals surface area contributed by atoms with Crippen molar-refractivity contribution in [2.45, 2.75) is 58.3 Å². The van der Waals surface area contributed by atoms with Crippen LogP contribution in [0, 0.1) is 0 Å². The summed E-state index contributed by atoms with van der Waals surface area (Å²) in [4.78, 5) is 2.24. The van der Waals surface area contributed by atoms with Gasteiger partial charge < -0.3 is 19.3 Å². The van der Waals surface area contributed by atoms with E-state index in [1.807, 2.05) is 12.1 Å². The highest BCUT2D eigenvalue weighted by atomic mass is 35.5. The predicted octanol–water partition coefficient (Wildman–Crippen LogP) is 3.27. The summed E-state index contributed by atoms with van der Waals surface area (Å²) < 4.78 is 17.0. The number of nitrogens with zero attached hydrogens (tertiary/aromatic N) is 1. The van der Waals surface area contributed by atoms with Crippen molar-refractivity contribution in [3.05, 3.63) is 29.8 Å². The molecule has 1 N–H and O–H groups in total. The van der Waals surface area contributed by atoms with Gasteiger partial charge in [-0.1, -0.05) is 32.9 Å². The van der Waals surface area contributed by atoms with Crippen molar-refractivity contribution >= 4 is 12.4 Å². The molecule has 0 bridgehead atoms. The van der Waals surface area contributed by atoms with Crippen LogP contribution in [0.25, 0.3) is 0 Å². The number of ether oxygens (including phenoxy) is 3. The molecule has 1 fully saturated rings. The van der Waals surface area contributed by atoms with Crippen LogP contribution in [0.5, 0.6) is 5.75 Å². The minimum atomic E-state index is -0.487. The molecule has 5 nitrogen and oxygen atoms in total. The first-order chi connectivity index (χ1) is 12.2. The molecule has 1 aromatic rings. The van der Waals surface area contributed by atoms with Crippen molar-refractivity contribution in [3.8, 4) is 5.75 Å². The standard InChI is InChI=1S/C21H35NO4.ClH/c1-16-12-22(13-17(2)26-16)14-19(23)15-24-10-11-25-20-8-6-18(7-9-20)21(3,4)5;/h6-9,16-17,19,23H,10-15H2,1-5H3;1H. The fraction of sp³-hybridized carbons (Fsp3) is 0.714. The zero-order chi connectivity index (χ0) is 19.2. The average Bonchev–Trinajstić information content (AvgIpc) is 2.53. The minimum Gasteiger partial charge on any atom is -0.491 e. The van der Waals surface area contributed by atoms with Gasteiger partial charge in [0, 0.05) is 19.6 Å². The molecule has 2 rings (SSSR count). The molecular weight excluding hydrogens is 366 g/mol. The monoisotopic (exact) mass is 401 g/mol. The van der Waals surface area contributed by atoms with Gasteiger partial charge in [-0.3, -0.25) is 4.90 Å². The maximum absolute atomic E-state index is 10.1. The molecule has 0 saturated carbocycles. The Hall–Kier alpha value is -0.850. The first-order valence-corrected chi connectivity index (χ1v) is 9.61. The highest BCUT2D eigenvalue weighted by Crippen LogP contribution is 2.24. The van der Waals surface area contributed by atoms with E-state index in [9.17, 15) is 5.11 Å². The molecule has 3 unspecified atom stereocenters. The lowest BCUT2D eigenvalue weighted by Crippen LogP contribution is -2.48. The van der Waals surface area contributed by atoms with E-state index >= 15 is 0 Å². The second-order valence-corrected chi connectivity index (χ2v) is 8.33. The number of hydrogen-bond donors (Lipinski definition) is 1. The summed E-state index contributed by atoms with van der Waals surface area (Å²) in [5.74, 6) is 0.846. The Labute approximate surface area is 170 Å². The SMILES string of the molecule is CC1CN(CC(O)COCCOc2ccc(C(C)(C)C)cc2)CC(C)O1.Cl. The predicted molar refractivity (Wildman–Crippen MR) is 111 cm³/mol. The summed E-state index contributed by atoms with van der Waals surface area (Å²) in [7, 11) is 0. The smallest absolute Gasteiger partial charge is 0.119 e. The van der Waals surface area contributed by atoms with Gasteiger partial charge in [-0.2, -0.15) is 0 Å². The van der Waals surface area contributed by atoms with Gasteiger partial charge in [-0.05, 0) is 37.0 Å². The number of halogens is 1. The quantitative estimate of drug-likeness (QED) is 0.677. The first kappa shape index (κ1) is 24.2. The van der Waals surface area contributed by atoms with E-state index in [1.54, 1.807) is 0 Å². The molecule has 1 heterocycles. The molecule has 0 aliphatic carbocycles. The average molecular weight is 402 g/mol. The van der Waals surface area contributed by atoms with Crippen molar-refractivity contribution < 1.29 is 19.3 Å². The molecule has 0 spiro atoms. The topological polar surface area (TPSA) is 51.2 Å². The first-order valence-electron chi connectivity index (χ1n) is 9.61. The molecule has 1 saturated heterocycles. The zero-order valence-electron chi connectivity index (χ0n) is 17.3. The Balaban J connectivity index is 0.00000364. The van der Waals surface area contributed by atoms with Gasteiger partial charge in [0.2, 0.25) is 0 Å². The molecule has 1 aromatic carbocycles. The van der Waals surface area contributed by atoms with Crippen molar-refractivity contribution in [2.75, 3.05) is 39.5 Å². The van der Waals surface area contributed by atoms with Crippen LogP contribution >= 0.6 is 12.4 Å². The van der Waals surface area contributed by atoms with Crippen LogP contribution in [0.2, 0.25) is 0 Å². The highest BCUT2D eigenvalue weighted by molar-refractivity contribution is 5.85. The van der Waals surface area contributed by atoms with Crippen molar-refractivity contribution in [3.63, 3.8) is 0 Å². The molecule has 0 amide bonds. The Bertz CT molecular complexity index is 522. The Morgan fingerprint density at radius 1 is 1.11 bits per heavy atom. The van der Waals surface area contributed by atoms with Crippen LogP contribution in [-0.2, 0) is 14.9 Å². The van der Waals surface area contributed by atoms with Crippen LogP contribution in [0.1, 0.15) is 40.2 Å². The van der Waals surface area contributed by atoms with E-state index in [2.05, 4.69) is 51.7 Å². The van der Waals surface area contributed by atoms with Crippen molar-refractivity contribution in [1.29, 1.82) is 0 Å². The summed E-state index contributed by atoms with van der Waals surface area (Å²) in [6.45, 7) is 14.3. The number of rotatable bonds is 8. The summed E-state index contributed by atoms with van der Waals surface area (Å²) in [6.07, 6.45) is -0.0616. The van der Waals surface area contributed by atoms with Gasteiger partial charge in [0.05, 0.1) is 31.5 Å². The van der Waals surface area contributed by atoms with Gasteiger partial charge in [-0.25, -0.2) is 0 Å². The largest absolute Gasteiger partial charge is 0.491 e. The molecule has 0 radical (unpaired) electrons. The molecule has 27 heavy (non-hydrogen) atoms. The molecule has 1 aliphatic heterocycles. The number of benzene rings is 1. The van der Waals surface area contributed by atoms with Gasteiger partial charge in [0.1, 0.15) is 12.4 Å². The van der Waals surface area contributed by atoms with Crippen LogP contribution in [0.4, 0.5) is 0 Å². The molecule has 3 atom stereocenters. The van der Waals surface area contributed by atoms with Crippen LogP contribution in [0.15, 0.2) is 24.3 Å². The summed E-state index contributed by atoms with van der Waals surface area (Å²) in [6, 6.07) is 8.20. The van der Waals surface area contributed by atoms with Gasteiger partial charge in [-0.15, -0.1) is 12.4 Å². The fourth-order valence-corrected chi connectivity index (χ4v) is 3.27. The van der Waals surface area contributed by atoms with Gasteiger partial charge >= 0.3 is 0 Å². The Morgan fingerprint density at radius 3 is 2.26 bits per heavy atom. The van der Waals surface area contributed by atoms with E-state index in [-0.39, 0.29) is 30.0 Å². The second kappa shape index (κ2) is 11.2. The lowest BCUT2D eigenvalue weighted by Gasteiger charge is -2.36. The third kappa shape index (κ3) is 8.79. The molecule has 0 aromatic heterocycles. The van der Waals surface area contributed by atoms with E-state index in [0.717, 1.165) is 18.8 Å². The molecular formula is C21H36ClNO4. The lowest BCUT2D eigenvalue weighted by molar-refractivity contribution is -0.0824. The van der Waals surface area contributed by atoms with Crippen molar-refractivity contribution in [2.24, 2.45) is 0 Å². The van der Waals surface area contributed by atoms with E-state index in [4.69, 9.17) is 14.2 Å². The lowest BCUT2D eigenvalue weighted by atomic mass is 9.87. The van der Waals surface area contributed by atoms with Gasteiger partial charge in [0.25, 0.3) is 0 Å². The summed E-state index contributed by atoms with van der Waals surface area (Å²) in [5, 5.41) is 10.1. The highest BCUT2D eigenvalue weighted by Gasteiger charge is 2.23.